The van der Waals surface area contributed by atoms with Gasteiger partial charge in [0.25, 0.3) is 0 Å². The van der Waals surface area contributed by atoms with Crippen LogP contribution in [0.5, 0.6) is 5.75 Å². The Morgan fingerprint density at radius 1 is 1.39 bits per heavy atom. The van der Waals surface area contributed by atoms with E-state index in [1.807, 2.05) is 24.3 Å². The summed E-state index contributed by atoms with van der Waals surface area (Å²) in [7, 11) is 1.65. The Morgan fingerprint density at radius 2 is 2.22 bits per heavy atom. The van der Waals surface area contributed by atoms with Crippen molar-refractivity contribution in [1.29, 1.82) is 0 Å². The third-order valence-electron chi connectivity index (χ3n) is 4.89. The average Bonchev–Trinajstić information content (AvgIpc) is 3.16. The van der Waals surface area contributed by atoms with E-state index in [4.69, 9.17) is 4.74 Å². The quantitative estimate of drug-likeness (QED) is 0.852. The van der Waals surface area contributed by atoms with E-state index in [0.29, 0.717) is 18.5 Å². The third kappa shape index (κ3) is 4.37. The Balaban J connectivity index is 0.00000192. The number of amides is 1. The van der Waals surface area contributed by atoms with Crippen molar-refractivity contribution in [1.82, 2.24) is 15.5 Å². The van der Waals surface area contributed by atoms with E-state index in [2.05, 4.69) is 15.5 Å². The number of rotatable bonds is 5. The van der Waals surface area contributed by atoms with Gasteiger partial charge < -0.3 is 15.4 Å². The zero-order chi connectivity index (χ0) is 15.4. The first kappa shape index (κ1) is 18.0. The number of halogens is 1. The molecule has 2 aliphatic rings. The van der Waals surface area contributed by atoms with Crippen molar-refractivity contribution in [2.45, 2.75) is 19.4 Å². The van der Waals surface area contributed by atoms with Crippen molar-refractivity contribution in [2.75, 3.05) is 39.8 Å². The predicted molar refractivity (Wildman–Crippen MR) is 93.1 cm³/mol. The second-order valence-electron chi connectivity index (χ2n) is 6.48. The third-order valence-corrected chi connectivity index (χ3v) is 4.89. The minimum Gasteiger partial charge on any atom is -0.496 e. The normalized spacial score (nSPS) is 23.7. The van der Waals surface area contributed by atoms with Gasteiger partial charge in [0.1, 0.15) is 5.75 Å². The molecule has 2 fully saturated rings. The monoisotopic (exact) mass is 339 g/mol. The van der Waals surface area contributed by atoms with Gasteiger partial charge in [-0.05, 0) is 37.4 Å². The van der Waals surface area contributed by atoms with Crippen molar-refractivity contribution in [3.05, 3.63) is 29.8 Å². The molecular weight excluding hydrogens is 314 g/mol. The van der Waals surface area contributed by atoms with Crippen molar-refractivity contribution >= 4 is 18.3 Å². The minimum absolute atomic E-state index is 0. The number of benzene rings is 1. The second-order valence-corrected chi connectivity index (χ2v) is 6.48. The number of hydrogen-bond donors (Lipinski definition) is 2. The molecule has 3 rings (SSSR count). The van der Waals surface area contributed by atoms with Crippen LogP contribution >= 0.6 is 12.4 Å². The number of methoxy groups -OCH3 is 1. The minimum atomic E-state index is 0. The Morgan fingerprint density at radius 3 is 2.96 bits per heavy atom. The molecule has 0 saturated carbocycles. The number of nitrogens with zero attached hydrogens (tertiary/aromatic N) is 1. The van der Waals surface area contributed by atoms with Crippen LogP contribution in [0.1, 0.15) is 18.4 Å². The van der Waals surface area contributed by atoms with Crippen LogP contribution in [-0.4, -0.2) is 50.6 Å². The van der Waals surface area contributed by atoms with E-state index in [0.717, 1.165) is 37.5 Å². The summed E-state index contributed by atoms with van der Waals surface area (Å²) in [6, 6.07) is 7.79. The van der Waals surface area contributed by atoms with Gasteiger partial charge in [-0.1, -0.05) is 18.2 Å². The molecule has 128 valence electrons. The molecule has 0 aromatic heterocycles. The summed E-state index contributed by atoms with van der Waals surface area (Å²) >= 11 is 0. The van der Waals surface area contributed by atoms with Gasteiger partial charge >= 0.3 is 0 Å². The molecule has 23 heavy (non-hydrogen) atoms. The van der Waals surface area contributed by atoms with Gasteiger partial charge in [0.05, 0.1) is 13.7 Å². The van der Waals surface area contributed by atoms with Crippen LogP contribution in [0.15, 0.2) is 24.3 Å². The summed E-state index contributed by atoms with van der Waals surface area (Å²) in [4.78, 5) is 14.4. The molecule has 1 aromatic carbocycles. The summed E-state index contributed by atoms with van der Waals surface area (Å²) in [5, 5.41) is 6.45. The lowest BCUT2D eigenvalue weighted by Crippen LogP contribution is -2.37. The average molecular weight is 340 g/mol. The molecule has 0 bridgehead atoms. The smallest absolute Gasteiger partial charge is 0.234 e. The molecule has 1 amide bonds. The summed E-state index contributed by atoms with van der Waals surface area (Å²) in [5.41, 5.74) is 1.43. The standard InChI is InChI=1S/C17H25N3O2.ClH/c1-22-15-5-3-2-4-14(15)10-19-16(21)11-20-9-7-17(13-20)6-8-18-12-17;/h2-5,18H,6-13H2,1H3,(H,19,21);1H. The number of carbonyl (C=O) groups excluding carboxylic acids is 1. The highest BCUT2D eigenvalue weighted by Crippen LogP contribution is 2.35. The molecule has 1 spiro atoms. The molecule has 2 aliphatic heterocycles. The van der Waals surface area contributed by atoms with Gasteiger partial charge in [0.2, 0.25) is 5.91 Å². The van der Waals surface area contributed by atoms with Crippen LogP contribution in [0.3, 0.4) is 0 Å². The fourth-order valence-corrected chi connectivity index (χ4v) is 3.61. The lowest BCUT2D eigenvalue weighted by Gasteiger charge is -2.22. The molecule has 1 atom stereocenters. The number of carbonyl (C=O) groups is 1. The molecule has 0 radical (unpaired) electrons. The van der Waals surface area contributed by atoms with Crippen LogP contribution in [0.2, 0.25) is 0 Å². The second kappa shape index (κ2) is 7.99. The largest absolute Gasteiger partial charge is 0.496 e. The highest BCUT2D eigenvalue weighted by molar-refractivity contribution is 5.85. The molecule has 2 heterocycles. The SMILES string of the molecule is COc1ccccc1CNC(=O)CN1CCC2(CCNC2)C1.Cl. The lowest BCUT2D eigenvalue weighted by atomic mass is 9.87. The van der Waals surface area contributed by atoms with Crippen LogP contribution in [0.4, 0.5) is 0 Å². The van der Waals surface area contributed by atoms with E-state index in [-0.39, 0.29) is 18.3 Å². The van der Waals surface area contributed by atoms with E-state index in [9.17, 15) is 4.79 Å². The highest BCUT2D eigenvalue weighted by Gasteiger charge is 2.40. The maximum absolute atomic E-state index is 12.2. The first-order valence-electron chi connectivity index (χ1n) is 8.02. The zero-order valence-corrected chi connectivity index (χ0v) is 14.5. The van der Waals surface area contributed by atoms with E-state index in [1.165, 1.54) is 12.8 Å². The number of para-hydroxylation sites is 1. The highest BCUT2D eigenvalue weighted by atomic mass is 35.5. The van der Waals surface area contributed by atoms with E-state index >= 15 is 0 Å². The fourth-order valence-electron chi connectivity index (χ4n) is 3.61. The number of ether oxygens (including phenoxy) is 1. The maximum atomic E-state index is 12.2. The molecule has 1 unspecified atom stereocenters. The van der Waals surface area contributed by atoms with Gasteiger partial charge in [0, 0.05) is 25.2 Å². The maximum Gasteiger partial charge on any atom is 0.234 e. The van der Waals surface area contributed by atoms with Gasteiger partial charge in [-0.2, -0.15) is 0 Å². The van der Waals surface area contributed by atoms with Crippen LogP contribution in [-0.2, 0) is 11.3 Å². The van der Waals surface area contributed by atoms with Crippen molar-refractivity contribution in [3.8, 4) is 5.75 Å². The number of hydrogen-bond acceptors (Lipinski definition) is 4. The zero-order valence-electron chi connectivity index (χ0n) is 13.6. The Hall–Kier alpha value is -1.30. The van der Waals surface area contributed by atoms with E-state index < -0.39 is 0 Å². The molecule has 2 N–H and O–H groups in total. The molecule has 2 saturated heterocycles. The summed E-state index contributed by atoms with van der Waals surface area (Å²) in [6.07, 6.45) is 2.45. The van der Waals surface area contributed by atoms with Crippen molar-refractivity contribution in [2.24, 2.45) is 5.41 Å². The van der Waals surface area contributed by atoms with Gasteiger partial charge in [0.15, 0.2) is 0 Å². The lowest BCUT2D eigenvalue weighted by molar-refractivity contribution is -0.122. The molecule has 0 aliphatic carbocycles. The Bertz CT molecular complexity index is 532. The topological polar surface area (TPSA) is 53.6 Å². The first-order chi connectivity index (χ1) is 10.7. The van der Waals surface area contributed by atoms with Gasteiger partial charge in [-0.25, -0.2) is 0 Å². The van der Waals surface area contributed by atoms with E-state index in [1.54, 1.807) is 7.11 Å². The summed E-state index contributed by atoms with van der Waals surface area (Å²) < 4.78 is 5.31. The van der Waals surface area contributed by atoms with Crippen molar-refractivity contribution in [3.63, 3.8) is 0 Å². The predicted octanol–water partition coefficient (Wildman–Crippen LogP) is 1.42. The molecule has 6 heteroatoms. The fraction of sp³-hybridized carbons (Fsp3) is 0.588. The first-order valence-corrected chi connectivity index (χ1v) is 8.02. The molecule has 1 aromatic rings. The van der Waals surface area contributed by atoms with Crippen molar-refractivity contribution < 1.29 is 9.53 Å². The summed E-state index contributed by atoms with van der Waals surface area (Å²) in [6.45, 7) is 5.31. The van der Waals surface area contributed by atoms with Crippen LogP contribution < -0.4 is 15.4 Å². The molecule has 5 nitrogen and oxygen atoms in total. The number of likely N-dealkylation sites (tertiary alicyclic amines) is 1. The van der Waals surface area contributed by atoms with Gasteiger partial charge in [-0.3, -0.25) is 9.69 Å². The Kier molecular flexibility index (Phi) is 6.27. The van der Waals surface area contributed by atoms with Crippen LogP contribution in [0, 0.1) is 5.41 Å². The number of nitrogens with one attached hydrogen (secondary N) is 2. The van der Waals surface area contributed by atoms with Crippen LogP contribution in [0.25, 0.3) is 0 Å². The Labute approximate surface area is 144 Å². The summed E-state index contributed by atoms with van der Waals surface area (Å²) in [5.74, 6) is 0.911. The molecular formula is C17H26ClN3O2. The van der Waals surface area contributed by atoms with Gasteiger partial charge in [-0.15, -0.1) is 12.4 Å².